The monoisotopic (exact) mass is 365 g/mol. The fourth-order valence-electron chi connectivity index (χ4n) is 2.38. The quantitative estimate of drug-likeness (QED) is 0.660. The minimum Gasteiger partial charge on any atom is -0.484 e. The normalized spacial score (nSPS) is 10.3. The molecule has 1 aromatic heterocycles. The van der Waals surface area contributed by atoms with Crippen LogP contribution in [0, 0.1) is 12.7 Å². The molecular formula is C21H20FN3O2. The van der Waals surface area contributed by atoms with Gasteiger partial charge < -0.3 is 15.4 Å². The first-order valence-corrected chi connectivity index (χ1v) is 8.53. The van der Waals surface area contributed by atoms with E-state index in [-0.39, 0.29) is 18.3 Å². The molecule has 0 radical (unpaired) electrons. The van der Waals surface area contributed by atoms with Gasteiger partial charge in [0.15, 0.2) is 6.61 Å². The maximum absolute atomic E-state index is 13.6. The van der Waals surface area contributed by atoms with E-state index in [1.807, 2.05) is 31.2 Å². The first-order valence-electron chi connectivity index (χ1n) is 8.53. The number of hydrogen-bond donors (Lipinski definition) is 2. The summed E-state index contributed by atoms with van der Waals surface area (Å²) in [6.07, 6.45) is 1.54. The summed E-state index contributed by atoms with van der Waals surface area (Å²) < 4.78 is 19.0. The maximum atomic E-state index is 13.6. The highest BCUT2D eigenvalue weighted by atomic mass is 19.1. The lowest BCUT2D eigenvalue weighted by Crippen LogP contribution is -2.20. The molecule has 3 aromatic rings. The molecule has 0 saturated heterocycles. The van der Waals surface area contributed by atoms with Gasteiger partial charge in [-0.15, -0.1) is 0 Å². The number of anilines is 2. The fraction of sp³-hybridized carbons (Fsp3) is 0.143. The van der Waals surface area contributed by atoms with Gasteiger partial charge in [-0.3, -0.25) is 4.79 Å². The number of rotatable bonds is 7. The lowest BCUT2D eigenvalue weighted by atomic mass is 10.2. The molecule has 0 aliphatic heterocycles. The predicted molar refractivity (Wildman–Crippen MR) is 103 cm³/mol. The van der Waals surface area contributed by atoms with Crippen molar-refractivity contribution in [3.63, 3.8) is 0 Å². The SMILES string of the molecule is Cc1ccc(OCC(=O)Nc2ccc(NCc3ccccc3F)nc2)cc1. The second-order valence-corrected chi connectivity index (χ2v) is 6.03. The minimum atomic E-state index is -0.274. The molecule has 0 spiro atoms. The summed E-state index contributed by atoms with van der Waals surface area (Å²) in [5.41, 5.74) is 2.25. The van der Waals surface area contributed by atoms with Crippen LogP contribution in [0.5, 0.6) is 5.75 Å². The lowest BCUT2D eigenvalue weighted by molar-refractivity contribution is -0.118. The number of aromatic nitrogens is 1. The third-order valence-corrected chi connectivity index (χ3v) is 3.86. The zero-order valence-electron chi connectivity index (χ0n) is 14.9. The van der Waals surface area contributed by atoms with Crippen LogP contribution in [0.2, 0.25) is 0 Å². The first kappa shape index (κ1) is 18.4. The predicted octanol–water partition coefficient (Wildman–Crippen LogP) is 4.16. The van der Waals surface area contributed by atoms with Crippen molar-refractivity contribution < 1.29 is 13.9 Å². The van der Waals surface area contributed by atoms with Crippen molar-refractivity contribution in [3.05, 3.63) is 83.8 Å². The summed E-state index contributed by atoms with van der Waals surface area (Å²) in [6.45, 7) is 2.23. The van der Waals surface area contributed by atoms with Crippen LogP contribution in [0.15, 0.2) is 66.9 Å². The molecule has 27 heavy (non-hydrogen) atoms. The molecule has 2 N–H and O–H groups in total. The van der Waals surface area contributed by atoms with E-state index in [1.165, 1.54) is 12.3 Å². The Balaban J connectivity index is 1.47. The zero-order valence-corrected chi connectivity index (χ0v) is 14.9. The van der Waals surface area contributed by atoms with Gasteiger partial charge in [-0.2, -0.15) is 0 Å². The van der Waals surface area contributed by atoms with Crippen molar-refractivity contribution in [3.8, 4) is 5.75 Å². The largest absolute Gasteiger partial charge is 0.484 e. The Morgan fingerprint density at radius 2 is 1.85 bits per heavy atom. The lowest BCUT2D eigenvalue weighted by Gasteiger charge is -2.09. The molecule has 3 rings (SSSR count). The molecule has 0 bridgehead atoms. The van der Waals surface area contributed by atoms with Gasteiger partial charge in [-0.1, -0.05) is 35.9 Å². The highest BCUT2D eigenvalue weighted by Crippen LogP contribution is 2.14. The van der Waals surface area contributed by atoms with Gasteiger partial charge in [0.05, 0.1) is 11.9 Å². The average molecular weight is 365 g/mol. The molecule has 138 valence electrons. The number of benzene rings is 2. The van der Waals surface area contributed by atoms with Crippen LogP contribution in [-0.4, -0.2) is 17.5 Å². The van der Waals surface area contributed by atoms with E-state index in [2.05, 4.69) is 15.6 Å². The molecule has 2 aromatic carbocycles. The second-order valence-electron chi connectivity index (χ2n) is 6.03. The number of aryl methyl sites for hydroxylation is 1. The van der Waals surface area contributed by atoms with E-state index < -0.39 is 0 Å². The van der Waals surface area contributed by atoms with Gasteiger partial charge in [0.1, 0.15) is 17.4 Å². The Morgan fingerprint density at radius 1 is 1.07 bits per heavy atom. The van der Waals surface area contributed by atoms with Gasteiger partial charge in [0, 0.05) is 12.1 Å². The summed E-state index contributed by atoms with van der Waals surface area (Å²) >= 11 is 0. The zero-order chi connectivity index (χ0) is 19.1. The Kier molecular flexibility index (Phi) is 5.99. The Morgan fingerprint density at radius 3 is 2.56 bits per heavy atom. The van der Waals surface area contributed by atoms with Crippen molar-refractivity contribution in [2.75, 3.05) is 17.2 Å². The standard InChI is InChI=1S/C21H20FN3O2/c1-15-6-9-18(10-7-15)27-14-21(26)25-17-8-11-20(24-13-17)23-12-16-4-2-3-5-19(16)22/h2-11,13H,12,14H2,1H3,(H,23,24)(H,25,26). The van der Waals surface area contributed by atoms with Crippen LogP contribution in [0.4, 0.5) is 15.9 Å². The molecule has 1 heterocycles. The van der Waals surface area contributed by atoms with Gasteiger partial charge >= 0.3 is 0 Å². The van der Waals surface area contributed by atoms with Gasteiger partial charge in [-0.25, -0.2) is 9.37 Å². The number of nitrogens with zero attached hydrogens (tertiary/aromatic N) is 1. The maximum Gasteiger partial charge on any atom is 0.262 e. The Labute approximate surface area is 157 Å². The number of hydrogen-bond acceptors (Lipinski definition) is 4. The van der Waals surface area contributed by atoms with Crippen LogP contribution in [0.3, 0.4) is 0 Å². The molecule has 0 fully saturated rings. The number of carbonyl (C=O) groups is 1. The number of ether oxygens (including phenoxy) is 1. The Bertz CT molecular complexity index is 896. The summed E-state index contributed by atoms with van der Waals surface area (Å²) in [4.78, 5) is 16.2. The number of amides is 1. The number of pyridine rings is 1. The molecular weight excluding hydrogens is 345 g/mol. The van der Waals surface area contributed by atoms with Crippen LogP contribution >= 0.6 is 0 Å². The van der Waals surface area contributed by atoms with Gasteiger partial charge in [0.2, 0.25) is 0 Å². The van der Waals surface area contributed by atoms with E-state index in [0.29, 0.717) is 29.4 Å². The highest BCUT2D eigenvalue weighted by Gasteiger charge is 2.05. The van der Waals surface area contributed by atoms with Crippen molar-refractivity contribution in [2.24, 2.45) is 0 Å². The third-order valence-electron chi connectivity index (χ3n) is 3.86. The molecule has 0 unspecified atom stereocenters. The topological polar surface area (TPSA) is 63.2 Å². The van der Waals surface area contributed by atoms with Crippen molar-refractivity contribution in [1.29, 1.82) is 0 Å². The van der Waals surface area contributed by atoms with Crippen LogP contribution in [0.25, 0.3) is 0 Å². The van der Waals surface area contributed by atoms with Crippen LogP contribution in [0.1, 0.15) is 11.1 Å². The fourth-order valence-corrected chi connectivity index (χ4v) is 2.38. The van der Waals surface area contributed by atoms with E-state index in [9.17, 15) is 9.18 Å². The Hall–Kier alpha value is -3.41. The average Bonchev–Trinajstić information content (AvgIpc) is 2.68. The van der Waals surface area contributed by atoms with Gasteiger partial charge in [0.25, 0.3) is 5.91 Å². The number of halogens is 1. The molecule has 0 aliphatic carbocycles. The van der Waals surface area contributed by atoms with Crippen molar-refractivity contribution in [2.45, 2.75) is 13.5 Å². The summed E-state index contributed by atoms with van der Waals surface area (Å²) in [5.74, 6) is 0.695. The van der Waals surface area contributed by atoms with E-state index in [1.54, 1.807) is 30.3 Å². The molecule has 5 nitrogen and oxygen atoms in total. The highest BCUT2D eigenvalue weighted by molar-refractivity contribution is 5.91. The summed E-state index contributed by atoms with van der Waals surface area (Å²) in [7, 11) is 0. The van der Waals surface area contributed by atoms with Gasteiger partial charge in [-0.05, 0) is 37.3 Å². The number of carbonyl (C=O) groups excluding carboxylic acids is 1. The molecule has 1 amide bonds. The van der Waals surface area contributed by atoms with E-state index >= 15 is 0 Å². The molecule has 0 saturated carbocycles. The van der Waals surface area contributed by atoms with Crippen molar-refractivity contribution in [1.82, 2.24) is 4.98 Å². The number of nitrogens with one attached hydrogen (secondary N) is 2. The second kappa shape index (κ2) is 8.80. The van der Waals surface area contributed by atoms with E-state index in [4.69, 9.17) is 4.74 Å². The molecule has 0 atom stereocenters. The summed E-state index contributed by atoms with van der Waals surface area (Å²) in [5, 5.41) is 5.76. The van der Waals surface area contributed by atoms with Crippen LogP contribution < -0.4 is 15.4 Å². The third kappa shape index (κ3) is 5.54. The van der Waals surface area contributed by atoms with Crippen molar-refractivity contribution >= 4 is 17.4 Å². The summed E-state index contributed by atoms with van der Waals surface area (Å²) in [6, 6.07) is 17.5. The smallest absolute Gasteiger partial charge is 0.262 e. The van der Waals surface area contributed by atoms with Crippen LogP contribution in [-0.2, 0) is 11.3 Å². The molecule has 0 aliphatic rings. The first-order chi connectivity index (χ1) is 13.1. The minimum absolute atomic E-state index is 0.0870. The molecule has 6 heteroatoms. The van der Waals surface area contributed by atoms with E-state index in [0.717, 1.165) is 5.56 Å².